The van der Waals surface area contributed by atoms with Crippen molar-refractivity contribution in [3.63, 3.8) is 0 Å². The largest absolute Gasteiger partial charge is 0.280 e. The van der Waals surface area contributed by atoms with Crippen molar-refractivity contribution in [1.29, 1.82) is 0 Å². The molecule has 25 heavy (non-hydrogen) atoms. The number of hydrogen-bond donors (Lipinski definition) is 1. The van der Waals surface area contributed by atoms with Crippen molar-refractivity contribution in [3.8, 4) is 11.4 Å². The van der Waals surface area contributed by atoms with Gasteiger partial charge in [-0.3, -0.25) is 4.72 Å². The van der Waals surface area contributed by atoms with Crippen molar-refractivity contribution < 1.29 is 8.42 Å². The lowest BCUT2D eigenvalue weighted by Gasteiger charge is -2.10. The highest BCUT2D eigenvalue weighted by Crippen LogP contribution is 2.36. The van der Waals surface area contributed by atoms with Crippen LogP contribution in [0.3, 0.4) is 0 Å². The first kappa shape index (κ1) is 16.2. The second-order valence-electron chi connectivity index (χ2n) is 5.82. The fourth-order valence-electron chi connectivity index (χ4n) is 2.52. The lowest BCUT2D eigenvalue weighted by molar-refractivity contribution is 0.601. The van der Waals surface area contributed by atoms with Crippen LogP contribution in [0.4, 0.5) is 5.69 Å². The molecule has 0 unspecified atom stereocenters. The molecule has 0 bridgehead atoms. The van der Waals surface area contributed by atoms with Gasteiger partial charge in [-0.15, -0.1) is 5.10 Å². The number of halogens is 1. The summed E-state index contributed by atoms with van der Waals surface area (Å²) < 4.78 is 30.2. The smallest absolute Gasteiger partial charge is 0.261 e. The van der Waals surface area contributed by atoms with Gasteiger partial charge in [0, 0.05) is 15.7 Å². The Morgan fingerprint density at radius 1 is 1.12 bits per heavy atom. The Balaban J connectivity index is 1.65. The maximum atomic E-state index is 12.6. The predicted octanol–water partition coefficient (Wildman–Crippen LogP) is 3.24. The number of anilines is 1. The zero-order valence-electron chi connectivity index (χ0n) is 13.0. The van der Waals surface area contributed by atoms with E-state index in [9.17, 15) is 8.42 Å². The quantitative estimate of drug-likeness (QED) is 0.685. The predicted molar refractivity (Wildman–Crippen MR) is 96.5 cm³/mol. The van der Waals surface area contributed by atoms with Gasteiger partial charge in [0.05, 0.1) is 10.9 Å². The number of aromatic nitrogens is 4. The van der Waals surface area contributed by atoms with E-state index in [-0.39, 0.29) is 4.90 Å². The Kier molecular flexibility index (Phi) is 4.04. The summed E-state index contributed by atoms with van der Waals surface area (Å²) in [5.74, 6) is 0.644. The number of nitrogens with zero attached hydrogens (tertiary/aromatic N) is 4. The summed E-state index contributed by atoms with van der Waals surface area (Å²) in [6.45, 7) is 0. The standard InChI is InChI=1S/C16H14BrN5O2S/c17-12-4-2-6-15(10-12)25(23,24)19-13-5-1-3-11(9-13)16-18-20-21-22(16)14-7-8-14/h1-6,9-10,14,19H,7-8H2. The molecule has 1 aliphatic carbocycles. The lowest BCUT2D eigenvalue weighted by Crippen LogP contribution is -2.13. The molecule has 0 radical (unpaired) electrons. The second-order valence-corrected chi connectivity index (χ2v) is 8.42. The number of hydrogen-bond acceptors (Lipinski definition) is 5. The summed E-state index contributed by atoms with van der Waals surface area (Å²) in [7, 11) is -3.67. The highest BCUT2D eigenvalue weighted by atomic mass is 79.9. The van der Waals surface area contributed by atoms with E-state index >= 15 is 0 Å². The van der Waals surface area contributed by atoms with Crippen LogP contribution in [0.25, 0.3) is 11.4 Å². The molecule has 9 heteroatoms. The molecule has 1 N–H and O–H groups in total. The number of sulfonamides is 1. The van der Waals surface area contributed by atoms with E-state index in [1.807, 2.05) is 6.07 Å². The first-order valence-corrected chi connectivity index (χ1v) is 9.97. The summed E-state index contributed by atoms with van der Waals surface area (Å²) >= 11 is 3.29. The Bertz CT molecular complexity index is 1030. The van der Waals surface area contributed by atoms with Gasteiger partial charge in [0.1, 0.15) is 0 Å². The molecule has 7 nitrogen and oxygen atoms in total. The monoisotopic (exact) mass is 419 g/mol. The normalized spacial score (nSPS) is 14.4. The lowest BCUT2D eigenvalue weighted by atomic mass is 10.2. The molecule has 1 heterocycles. The van der Waals surface area contributed by atoms with Crippen LogP contribution in [-0.4, -0.2) is 28.6 Å². The molecule has 0 saturated heterocycles. The van der Waals surface area contributed by atoms with E-state index in [1.54, 1.807) is 47.1 Å². The molecule has 0 atom stereocenters. The molecule has 4 rings (SSSR count). The van der Waals surface area contributed by atoms with Crippen molar-refractivity contribution in [2.24, 2.45) is 0 Å². The summed E-state index contributed by atoms with van der Waals surface area (Å²) in [5.41, 5.74) is 1.23. The minimum absolute atomic E-state index is 0.190. The molecule has 1 aliphatic rings. The summed E-state index contributed by atoms with van der Waals surface area (Å²) in [6.07, 6.45) is 2.13. The van der Waals surface area contributed by atoms with E-state index in [2.05, 4.69) is 36.2 Å². The van der Waals surface area contributed by atoms with Crippen molar-refractivity contribution in [3.05, 3.63) is 53.0 Å². The minimum Gasteiger partial charge on any atom is -0.280 e. The van der Waals surface area contributed by atoms with Gasteiger partial charge in [0.2, 0.25) is 0 Å². The number of rotatable bonds is 5. The highest BCUT2D eigenvalue weighted by molar-refractivity contribution is 9.10. The third-order valence-electron chi connectivity index (χ3n) is 3.86. The van der Waals surface area contributed by atoms with E-state index in [1.165, 1.54) is 0 Å². The first-order chi connectivity index (χ1) is 12.0. The third-order valence-corrected chi connectivity index (χ3v) is 5.74. The van der Waals surface area contributed by atoms with Gasteiger partial charge in [-0.1, -0.05) is 34.1 Å². The van der Waals surface area contributed by atoms with Crippen molar-refractivity contribution in [1.82, 2.24) is 20.2 Å². The second kappa shape index (κ2) is 6.23. The number of tetrazole rings is 1. The molecule has 128 valence electrons. The summed E-state index contributed by atoms with van der Waals surface area (Å²) in [6, 6.07) is 14.0. The fraction of sp³-hybridized carbons (Fsp3) is 0.188. The Morgan fingerprint density at radius 3 is 2.68 bits per heavy atom. The number of nitrogens with one attached hydrogen (secondary N) is 1. The molecule has 1 saturated carbocycles. The molecule has 1 aromatic heterocycles. The zero-order valence-corrected chi connectivity index (χ0v) is 15.4. The molecule has 0 aliphatic heterocycles. The van der Waals surface area contributed by atoms with Crippen molar-refractivity contribution >= 4 is 31.6 Å². The van der Waals surface area contributed by atoms with Gasteiger partial charge >= 0.3 is 0 Å². The van der Waals surface area contributed by atoms with E-state index < -0.39 is 10.0 Å². The SMILES string of the molecule is O=S(=O)(Nc1cccc(-c2nnnn2C2CC2)c1)c1cccc(Br)c1. The molecule has 0 amide bonds. The van der Waals surface area contributed by atoms with Gasteiger partial charge in [0.15, 0.2) is 5.82 Å². The molecule has 1 fully saturated rings. The van der Waals surface area contributed by atoms with Gasteiger partial charge < -0.3 is 0 Å². The van der Waals surface area contributed by atoms with Crippen LogP contribution in [0.1, 0.15) is 18.9 Å². The molecule has 2 aromatic carbocycles. The van der Waals surface area contributed by atoms with Gasteiger partial charge in [-0.25, -0.2) is 13.1 Å². The van der Waals surface area contributed by atoms with Crippen LogP contribution in [-0.2, 0) is 10.0 Å². The third kappa shape index (κ3) is 3.42. The van der Waals surface area contributed by atoms with Crippen LogP contribution in [0.15, 0.2) is 57.9 Å². The Hall–Kier alpha value is -2.26. The van der Waals surface area contributed by atoms with Crippen LogP contribution in [0, 0.1) is 0 Å². The average molecular weight is 420 g/mol. The van der Waals surface area contributed by atoms with Gasteiger partial charge in [-0.2, -0.15) is 0 Å². The minimum atomic E-state index is -3.67. The van der Waals surface area contributed by atoms with E-state index in [0.717, 1.165) is 18.4 Å². The topological polar surface area (TPSA) is 89.8 Å². The van der Waals surface area contributed by atoms with E-state index in [0.29, 0.717) is 22.0 Å². The molecular formula is C16H14BrN5O2S. The van der Waals surface area contributed by atoms with E-state index in [4.69, 9.17) is 0 Å². The van der Waals surface area contributed by atoms with Gasteiger partial charge in [0.25, 0.3) is 10.0 Å². The maximum absolute atomic E-state index is 12.6. The van der Waals surface area contributed by atoms with Crippen molar-refractivity contribution in [2.75, 3.05) is 4.72 Å². The van der Waals surface area contributed by atoms with Crippen LogP contribution >= 0.6 is 15.9 Å². The van der Waals surface area contributed by atoms with Crippen LogP contribution in [0.5, 0.6) is 0 Å². The maximum Gasteiger partial charge on any atom is 0.261 e. The zero-order chi connectivity index (χ0) is 17.4. The summed E-state index contributed by atoms with van der Waals surface area (Å²) in [4.78, 5) is 0.190. The highest BCUT2D eigenvalue weighted by Gasteiger charge is 2.28. The fourth-order valence-corrected chi connectivity index (χ4v) is 4.16. The Labute approximate surface area is 153 Å². The summed E-state index contributed by atoms with van der Waals surface area (Å²) in [5, 5.41) is 11.8. The molecular weight excluding hydrogens is 406 g/mol. The molecule has 3 aromatic rings. The Morgan fingerprint density at radius 2 is 1.92 bits per heavy atom. The van der Waals surface area contributed by atoms with Crippen LogP contribution < -0.4 is 4.72 Å². The van der Waals surface area contributed by atoms with Crippen LogP contribution in [0.2, 0.25) is 0 Å². The van der Waals surface area contributed by atoms with Crippen molar-refractivity contribution in [2.45, 2.75) is 23.8 Å². The van der Waals surface area contributed by atoms with Gasteiger partial charge in [-0.05, 0) is 53.6 Å². The average Bonchev–Trinajstić information content (AvgIpc) is 3.31. The number of benzene rings is 2. The first-order valence-electron chi connectivity index (χ1n) is 7.70. The molecule has 0 spiro atoms.